The average molecular weight is 437 g/mol. The summed E-state index contributed by atoms with van der Waals surface area (Å²) in [4.78, 5) is 22.0. The van der Waals surface area contributed by atoms with Crippen LogP contribution in [0.1, 0.15) is 30.2 Å². The fourth-order valence-corrected chi connectivity index (χ4v) is 5.33. The Labute approximate surface area is 187 Å². The van der Waals surface area contributed by atoms with Crippen LogP contribution in [0.3, 0.4) is 0 Å². The Hall–Kier alpha value is -2.67. The summed E-state index contributed by atoms with van der Waals surface area (Å²) >= 11 is 2.01. The van der Waals surface area contributed by atoms with Crippen molar-refractivity contribution in [1.82, 2.24) is 9.88 Å². The van der Waals surface area contributed by atoms with Crippen molar-refractivity contribution in [3.05, 3.63) is 53.9 Å². The molecule has 2 fully saturated rings. The number of carbonyl (C=O) groups is 1. The highest BCUT2D eigenvalue weighted by atomic mass is 32.2. The number of benzene rings is 2. The van der Waals surface area contributed by atoms with Gasteiger partial charge in [0.1, 0.15) is 5.52 Å². The predicted octanol–water partition coefficient (Wildman–Crippen LogP) is 5.10. The van der Waals surface area contributed by atoms with E-state index >= 15 is 0 Å². The molecule has 1 aromatic heterocycles. The maximum absolute atomic E-state index is 13.0. The Morgan fingerprint density at radius 3 is 2.81 bits per heavy atom. The van der Waals surface area contributed by atoms with Gasteiger partial charge < -0.3 is 19.5 Å². The van der Waals surface area contributed by atoms with Crippen LogP contribution >= 0.6 is 11.8 Å². The van der Waals surface area contributed by atoms with Gasteiger partial charge in [0.25, 0.3) is 0 Å². The second kappa shape index (κ2) is 8.83. The number of rotatable bonds is 3. The number of hydrogen-bond acceptors (Lipinski definition) is 5. The van der Waals surface area contributed by atoms with E-state index in [2.05, 4.69) is 34.3 Å². The zero-order valence-electron chi connectivity index (χ0n) is 17.8. The summed E-state index contributed by atoms with van der Waals surface area (Å²) in [7, 11) is 0. The molecule has 6 nitrogen and oxygen atoms in total. The van der Waals surface area contributed by atoms with Gasteiger partial charge in [0.2, 0.25) is 0 Å². The number of oxazole rings is 1. The van der Waals surface area contributed by atoms with Gasteiger partial charge >= 0.3 is 6.03 Å². The van der Waals surface area contributed by atoms with Crippen LogP contribution < -0.4 is 10.2 Å². The summed E-state index contributed by atoms with van der Waals surface area (Å²) in [5.41, 5.74) is 4.90. The fourth-order valence-electron chi connectivity index (χ4n) is 4.43. The Morgan fingerprint density at radius 1 is 1.16 bits per heavy atom. The number of anilines is 2. The second-order valence-corrected chi connectivity index (χ2v) is 9.56. The number of aromatic nitrogens is 1. The Balaban J connectivity index is 1.25. The van der Waals surface area contributed by atoms with Crippen molar-refractivity contribution in [1.29, 1.82) is 0 Å². The number of para-hydroxylation sites is 2. The number of amides is 2. The largest absolute Gasteiger partial charge is 0.440 e. The number of carbonyl (C=O) groups excluding carboxylic acids is 1. The smallest absolute Gasteiger partial charge is 0.321 e. The molecule has 5 rings (SSSR count). The highest BCUT2D eigenvalue weighted by molar-refractivity contribution is 7.99. The van der Waals surface area contributed by atoms with Crippen molar-refractivity contribution in [2.24, 2.45) is 0 Å². The first-order chi connectivity index (χ1) is 15.2. The first-order valence-corrected chi connectivity index (χ1v) is 12.2. The molecule has 0 spiro atoms. The van der Waals surface area contributed by atoms with E-state index in [-0.39, 0.29) is 11.9 Å². The summed E-state index contributed by atoms with van der Waals surface area (Å²) in [6, 6.07) is 14.1. The van der Waals surface area contributed by atoms with Crippen LogP contribution in [-0.2, 0) is 0 Å². The minimum absolute atomic E-state index is 0.0500. The van der Waals surface area contributed by atoms with Gasteiger partial charge in [0.05, 0.1) is 5.92 Å². The molecule has 1 unspecified atom stereocenters. The zero-order chi connectivity index (χ0) is 21.2. The number of nitrogens with zero attached hydrogens (tertiary/aromatic N) is 3. The summed E-state index contributed by atoms with van der Waals surface area (Å²) in [5.74, 6) is 3.22. The summed E-state index contributed by atoms with van der Waals surface area (Å²) < 4.78 is 5.97. The van der Waals surface area contributed by atoms with Gasteiger partial charge in [0.15, 0.2) is 11.5 Å². The molecule has 31 heavy (non-hydrogen) atoms. The van der Waals surface area contributed by atoms with Crippen LogP contribution in [0.4, 0.5) is 16.2 Å². The maximum Gasteiger partial charge on any atom is 0.321 e. The number of hydrogen-bond donors (Lipinski definition) is 1. The van der Waals surface area contributed by atoms with Crippen molar-refractivity contribution in [2.75, 3.05) is 47.9 Å². The quantitative estimate of drug-likeness (QED) is 0.619. The lowest BCUT2D eigenvalue weighted by molar-refractivity contribution is 0.187. The van der Waals surface area contributed by atoms with E-state index in [0.29, 0.717) is 6.54 Å². The standard InChI is InChI=1S/C24H28N4O2S/c1-17-15-19(27-11-13-31-14-12-27)8-9-20(17)26-24(29)28-10-4-5-18(16-28)23-25-21-6-2-3-7-22(21)30-23/h2-3,6-9,15,18H,4-5,10-14,16H2,1H3,(H,26,29). The van der Waals surface area contributed by atoms with Crippen molar-refractivity contribution in [3.8, 4) is 0 Å². The molecule has 1 N–H and O–H groups in total. The van der Waals surface area contributed by atoms with Gasteiger partial charge in [-0.2, -0.15) is 11.8 Å². The number of nitrogens with one attached hydrogen (secondary N) is 1. The number of likely N-dealkylation sites (tertiary alicyclic amines) is 1. The van der Waals surface area contributed by atoms with Gasteiger partial charge in [-0.25, -0.2) is 9.78 Å². The van der Waals surface area contributed by atoms with Crippen LogP contribution in [-0.4, -0.2) is 53.6 Å². The van der Waals surface area contributed by atoms with E-state index in [1.54, 1.807) is 0 Å². The topological polar surface area (TPSA) is 61.6 Å². The Bertz CT molecular complexity index is 1040. The van der Waals surface area contributed by atoms with E-state index in [4.69, 9.17) is 4.42 Å². The van der Waals surface area contributed by atoms with E-state index in [1.807, 2.05) is 47.0 Å². The Morgan fingerprint density at radius 2 is 2.00 bits per heavy atom. The first-order valence-electron chi connectivity index (χ1n) is 11.0. The maximum atomic E-state index is 13.0. The molecule has 2 amide bonds. The molecule has 0 aliphatic carbocycles. The lowest BCUT2D eigenvalue weighted by Gasteiger charge is -2.32. The van der Waals surface area contributed by atoms with E-state index in [9.17, 15) is 4.79 Å². The third-order valence-electron chi connectivity index (χ3n) is 6.20. The number of piperidine rings is 1. The van der Waals surface area contributed by atoms with Crippen LogP contribution in [0.15, 0.2) is 46.9 Å². The highest BCUT2D eigenvalue weighted by Gasteiger charge is 2.28. The molecule has 0 bridgehead atoms. The third-order valence-corrected chi connectivity index (χ3v) is 7.14. The number of urea groups is 1. The lowest BCUT2D eigenvalue weighted by atomic mass is 9.98. The second-order valence-electron chi connectivity index (χ2n) is 8.33. The molecular formula is C24H28N4O2S. The molecule has 3 heterocycles. The molecule has 2 aromatic carbocycles. The number of thioether (sulfide) groups is 1. The minimum Gasteiger partial charge on any atom is -0.440 e. The van der Waals surface area contributed by atoms with Gasteiger partial charge in [-0.3, -0.25) is 0 Å². The fraction of sp³-hybridized carbons (Fsp3) is 0.417. The molecule has 7 heteroatoms. The first kappa shape index (κ1) is 20.2. The lowest BCUT2D eigenvalue weighted by Crippen LogP contribution is -2.41. The summed E-state index contributed by atoms with van der Waals surface area (Å²) in [6.07, 6.45) is 1.93. The molecular weight excluding hydrogens is 408 g/mol. The summed E-state index contributed by atoms with van der Waals surface area (Å²) in [6.45, 7) is 5.61. The van der Waals surface area contributed by atoms with E-state index in [0.717, 1.165) is 60.7 Å². The van der Waals surface area contributed by atoms with Crippen LogP contribution in [0.2, 0.25) is 0 Å². The van der Waals surface area contributed by atoms with E-state index in [1.165, 1.54) is 17.2 Å². The van der Waals surface area contributed by atoms with Crippen molar-refractivity contribution >= 4 is 40.3 Å². The molecule has 2 aliphatic heterocycles. The minimum atomic E-state index is -0.0500. The van der Waals surface area contributed by atoms with Crippen LogP contribution in [0.5, 0.6) is 0 Å². The SMILES string of the molecule is Cc1cc(N2CCSCC2)ccc1NC(=O)N1CCCC(c2nc3ccccc3o2)C1. The van der Waals surface area contributed by atoms with Crippen LogP contribution in [0, 0.1) is 6.92 Å². The molecule has 2 aliphatic rings. The van der Waals surface area contributed by atoms with Crippen LogP contribution in [0.25, 0.3) is 11.1 Å². The number of aryl methyl sites for hydroxylation is 1. The van der Waals surface area contributed by atoms with Crippen molar-refractivity contribution in [3.63, 3.8) is 0 Å². The molecule has 1 atom stereocenters. The molecule has 0 saturated carbocycles. The Kier molecular flexibility index (Phi) is 5.76. The highest BCUT2D eigenvalue weighted by Crippen LogP contribution is 2.30. The van der Waals surface area contributed by atoms with Gasteiger partial charge in [-0.1, -0.05) is 12.1 Å². The zero-order valence-corrected chi connectivity index (χ0v) is 18.7. The summed E-state index contributed by atoms with van der Waals surface area (Å²) in [5, 5.41) is 3.12. The normalized spacial score (nSPS) is 19.6. The molecule has 0 radical (unpaired) electrons. The van der Waals surface area contributed by atoms with Crippen molar-refractivity contribution < 1.29 is 9.21 Å². The molecule has 162 valence electrons. The third kappa shape index (κ3) is 4.37. The predicted molar refractivity (Wildman–Crippen MR) is 127 cm³/mol. The number of fused-ring (bicyclic) bond motifs is 1. The van der Waals surface area contributed by atoms with Gasteiger partial charge in [0, 0.05) is 49.1 Å². The average Bonchev–Trinajstić information content (AvgIpc) is 3.25. The van der Waals surface area contributed by atoms with Gasteiger partial charge in [-0.05, 0) is 55.7 Å². The van der Waals surface area contributed by atoms with E-state index < -0.39 is 0 Å². The van der Waals surface area contributed by atoms with Crippen molar-refractivity contribution in [2.45, 2.75) is 25.7 Å². The molecule has 3 aromatic rings. The van der Waals surface area contributed by atoms with Gasteiger partial charge in [-0.15, -0.1) is 0 Å². The molecule has 2 saturated heterocycles. The monoisotopic (exact) mass is 436 g/mol.